The molecule has 0 bridgehead atoms. The van der Waals surface area contributed by atoms with Crippen molar-refractivity contribution in [2.45, 2.75) is 77.1 Å². The highest BCUT2D eigenvalue weighted by Crippen LogP contribution is 2.40. The molecular formula is C31H34Cl2F7N7O2. The number of imidazole rings is 1. The molecule has 2 aliphatic rings. The van der Waals surface area contributed by atoms with Gasteiger partial charge < -0.3 is 20.9 Å². The van der Waals surface area contributed by atoms with Crippen LogP contribution in [0.4, 0.5) is 48.2 Å². The SMILES string of the molecule is Cn1c(Nc2c(Cl)ccc(CNC(=O)C(C)(C)C(F)(F)F)c2Cl)nc2cc(C(=O)NC3CCC(C(F)(F)F)CC3)c(N3CCC(F)C3)nc21. The lowest BCUT2D eigenvalue weighted by Gasteiger charge is -2.30. The Morgan fingerprint density at radius 3 is 2.27 bits per heavy atom. The number of nitrogens with one attached hydrogen (secondary N) is 3. The minimum absolute atomic E-state index is 0.00434. The van der Waals surface area contributed by atoms with Crippen molar-refractivity contribution in [2.75, 3.05) is 23.3 Å². The van der Waals surface area contributed by atoms with Gasteiger partial charge in [-0.05, 0) is 63.6 Å². The minimum atomic E-state index is -4.78. The summed E-state index contributed by atoms with van der Waals surface area (Å²) in [4.78, 5) is 36.7. The zero-order valence-electron chi connectivity index (χ0n) is 26.6. The lowest BCUT2D eigenvalue weighted by molar-refractivity contribution is -0.211. The highest BCUT2D eigenvalue weighted by Gasteiger charge is 2.52. The van der Waals surface area contributed by atoms with E-state index in [2.05, 4.69) is 25.9 Å². The van der Waals surface area contributed by atoms with Gasteiger partial charge in [0.25, 0.3) is 5.91 Å². The lowest BCUT2D eigenvalue weighted by atomic mass is 9.85. The van der Waals surface area contributed by atoms with Gasteiger partial charge in [-0.2, -0.15) is 26.3 Å². The second-order valence-electron chi connectivity index (χ2n) is 12.9. The topological polar surface area (TPSA) is 104 Å². The van der Waals surface area contributed by atoms with Crippen LogP contribution in [0.25, 0.3) is 11.2 Å². The summed E-state index contributed by atoms with van der Waals surface area (Å²) in [5, 5.41) is 8.21. The van der Waals surface area contributed by atoms with Crippen LogP contribution in [-0.4, -0.2) is 64.0 Å². The summed E-state index contributed by atoms with van der Waals surface area (Å²) in [5.41, 5.74) is -1.62. The first-order valence-corrected chi connectivity index (χ1v) is 16.3. The molecule has 0 radical (unpaired) electrons. The number of aromatic nitrogens is 3. The Morgan fingerprint density at radius 2 is 1.67 bits per heavy atom. The van der Waals surface area contributed by atoms with Crippen LogP contribution in [-0.2, 0) is 18.4 Å². The van der Waals surface area contributed by atoms with Crippen LogP contribution in [0.2, 0.25) is 10.0 Å². The standard InChI is InChI=1S/C31H34Cl2F7N7O2/c1-29(2,31(38,39)40)27(49)41-13-15-4-9-20(32)23(22(15)33)44-28-43-21-12-19(24(45-25(21)46(28)3)47-11-10-17(34)14-47)26(48)42-18-7-5-16(6-8-18)30(35,36)37/h4,9,12,16-18H,5-8,10-11,13-14H2,1-3H3,(H,41,49)(H,42,48)(H,43,44). The van der Waals surface area contributed by atoms with E-state index >= 15 is 0 Å². The van der Waals surface area contributed by atoms with Gasteiger partial charge in [0.15, 0.2) is 5.65 Å². The first kappa shape index (κ1) is 36.7. The molecule has 1 aliphatic heterocycles. The molecular weight excluding hydrogens is 706 g/mol. The highest BCUT2D eigenvalue weighted by atomic mass is 35.5. The molecule has 2 aromatic heterocycles. The van der Waals surface area contributed by atoms with Gasteiger partial charge in [0, 0.05) is 26.2 Å². The number of alkyl halides is 7. The van der Waals surface area contributed by atoms with Crippen LogP contribution in [0, 0.1) is 11.3 Å². The molecule has 0 spiro atoms. The number of fused-ring (bicyclic) bond motifs is 1. The number of carbonyl (C=O) groups excluding carboxylic acids is 2. The predicted molar refractivity (Wildman–Crippen MR) is 171 cm³/mol. The average molecular weight is 741 g/mol. The number of halogens is 9. The lowest BCUT2D eigenvalue weighted by Crippen LogP contribution is -2.46. The maximum Gasteiger partial charge on any atom is 0.402 e. The molecule has 268 valence electrons. The van der Waals surface area contributed by atoms with Gasteiger partial charge in [0.05, 0.1) is 33.8 Å². The molecule has 5 rings (SSSR count). The van der Waals surface area contributed by atoms with E-state index in [1.807, 2.05) is 0 Å². The number of nitrogens with zero attached hydrogens (tertiary/aromatic N) is 4. The summed E-state index contributed by atoms with van der Waals surface area (Å²) in [6.45, 7) is 1.47. The Balaban J connectivity index is 1.41. The predicted octanol–water partition coefficient (Wildman–Crippen LogP) is 7.62. The third-order valence-electron chi connectivity index (χ3n) is 9.15. The normalized spacial score (nSPS) is 20.5. The van der Waals surface area contributed by atoms with Gasteiger partial charge in [-0.25, -0.2) is 14.4 Å². The maximum atomic E-state index is 14.3. The highest BCUT2D eigenvalue weighted by molar-refractivity contribution is 6.39. The smallest absolute Gasteiger partial charge is 0.353 e. The van der Waals surface area contributed by atoms with Crippen molar-refractivity contribution in [1.29, 1.82) is 0 Å². The van der Waals surface area contributed by atoms with Crippen molar-refractivity contribution in [3.63, 3.8) is 0 Å². The van der Waals surface area contributed by atoms with Crippen molar-refractivity contribution in [3.8, 4) is 0 Å². The monoisotopic (exact) mass is 739 g/mol. The molecule has 3 heterocycles. The van der Waals surface area contributed by atoms with Crippen molar-refractivity contribution >= 4 is 63.6 Å². The number of pyridine rings is 1. The zero-order chi connectivity index (χ0) is 36.1. The van der Waals surface area contributed by atoms with E-state index in [-0.39, 0.29) is 95.9 Å². The summed E-state index contributed by atoms with van der Waals surface area (Å²) >= 11 is 13.0. The number of amides is 2. The molecule has 9 nitrogen and oxygen atoms in total. The van der Waals surface area contributed by atoms with Gasteiger partial charge in [-0.3, -0.25) is 14.2 Å². The fraction of sp³-hybridized carbons (Fsp3) is 0.548. The summed E-state index contributed by atoms with van der Waals surface area (Å²) in [6.07, 6.45) is -9.89. The van der Waals surface area contributed by atoms with Crippen molar-refractivity contribution in [2.24, 2.45) is 18.4 Å². The number of aryl methyl sites for hydroxylation is 1. The van der Waals surface area contributed by atoms with E-state index in [1.165, 1.54) is 22.8 Å². The number of benzene rings is 1. The van der Waals surface area contributed by atoms with E-state index in [4.69, 9.17) is 23.2 Å². The number of carbonyl (C=O) groups is 2. The molecule has 1 aliphatic carbocycles. The van der Waals surface area contributed by atoms with E-state index in [0.29, 0.717) is 5.65 Å². The Labute approximate surface area is 286 Å². The van der Waals surface area contributed by atoms with E-state index in [1.54, 1.807) is 11.9 Å². The first-order chi connectivity index (χ1) is 22.8. The Morgan fingerprint density at radius 1 is 1.00 bits per heavy atom. The van der Waals surface area contributed by atoms with Crippen LogP contribution < -0.4 is 20.9 Å². The van der Waals surface area contributed by atoms with E-state index in [9.17, 15) is 40.3 Å². The first-order valence-electron chi connectivity index (χ1n) is 15.5. The summed E-state index contributed by atoms with van der Waals surface area (Å²) in [5.74, 6) is -2.88. The Bertz CT molecular complexity index is 1740. The van der Waals surface area contributed by atoms with Gasteiger partial charge in [0.2, 0.25) is 11.9 Å². The molecule has 18 heteroatoms. The molecule has 1 saturated heterocycles. The van der Waals surface area contributed by atoms with Crippen LogP contribution in [0.3, 0.4) is 0 Å². The van der Waals surface area contributed by atoms with Gasteiger partial charge in [-0.15, -0.1) is 0 Å². The second kappa shape index (κ2) is 13.6. The largest absolute Gasteiger partial charge is 0.402 e. The average Bonchev–Trinajstić information content (AvgIpc) is 3.59. The van der Waals surface area contributed by atoms with Crippen LogP contribution in [0.15, 0.2) is 18.2 Å². The molecule has 3 N–H and O–H groups in total. The summed E-state index contributed by atoms with van der Waals surface area (Å²) in [6, 6.07) is 3.89. The molecule has 1 aromatic carbocycles. The van der Waals surface area contributed by atoms with Crippen LogP contribution in [0.1, 0.15) is 61.9 Å². The number of hydrogen-bond acceptors (Lipinski definition) is 6. The van der Waals surface area contributed by atoms with Gasteiger partial charge >= 0.3 is 12.4 Å². The zero-order valence-corrected chi connectivity index (χ0v) is 28.1. The summed E-state index contributed by atoms with van der Waals surface area (Å²) < 4.78 is 95.3. The Kier molecular flexibility index (Phi) is 10.2. The number of anilines is 3. The van der Waals surface area contributed by atoms with E-state index < -0.39 is 47.7 Å². The number of hydrogen-bond donors (Lipinski definition) is 3. The summed E-state index contributed by atoms with van der Waals surface area (Å²) in [7, 11) is 1.61. The number of rotatable bonds is 8. The van der Waals surface area contributed by atoms with Crippen LogP contribution >= 0.6 is 23.2 Å². The fourth-order valence-electron chi connectivity index (χ4n) is 5.84. The third kappa shape index (κ3) is 7.64. The maximum absolute atomic E-state index is 14.3. The van der Waals surface area contributed by atoms with Crippen molar-refractivity contribution in [1.82, 2.24) is 25.2 Å². The van der Waals surface area contributed by atoms with E-state index in [0.717, 1.165) is 13.8 Å². The van der Waals surface area contributed by atoms with Gasteiger partial charge in [0.1, 0.15) is 22.9 Å². The fourth-order valence-corrected chi connectivity index (χ4v) is 6.38. The molecule has 1 unspecified atom stereocenters. The molecule has 49 heavy (non-hydrogen) atoms. The molecule has 3 aromatic rings. The van der Waals surface area contributed by atoms with Gasteiger partial charge in [-0.1, -0.05) is 29.3 Å². The third-order valence-corrected chi connectivity index (χ3v) is 9.90. The van der Waals surface area contributed by atoms with Crippen molar-refractivity contribution in [3.05, 3.63) is 39.4 Å². The second-order valence-corrected chi connectivity index (χ2v) is 13.7. The molecule has 1 saturated carbocycles. The molecule has 2 amide bonds. The minimum Gasteiger partial charge on any atom is -0.353 e. The van der Waals surface area contributed by atoms with Crippen molar-refractivity contribution < 1.29 is 40.3 Å². The molecule has 1 atom stereocenters. The molecule has 2 fully saturated rings. The Hall–Kier alpha value is -3.53. The quantitative estimate of drug-likeness (QED) is 0.206. The van der Waals surface area contributed by atoms with Crippen LogP contribution in [0.5, 0.6) is 0 Å².